The van der Waals surface area contributed by atoms with E-state index in [0.29, 0.717) is 23.7 Å². The first-order valence-corrected chi connectivity index (χ1v) is 18.3. The molecule has 4 unspecified atom stereocenters. The molecular formula is C39H56N2Si. The summed E-state index contributed by atoms with van der Waals surface area (Å²) in [7, 11) is -2.74. The molecule has 5 rings (SSSR count). The van der Waals surface area contributed by atoms with Gasteiger partial charge in [-0.1, -0.05) is 131 Å². The largest absolute Gasteiger partial charge is 0.392 e. The Kier molecular flexibility index (Phi) is 7.17. The Morgan fingerprint density at radius 1 is 0.714 bits per heavy atom. The number of rotatable bonds is 7. The average molecular weight is 581 g/mol. The Morgan fingerprint density at radius 2 is 1.14 bits per heavy atom. The van der Waals surface area contributed by atoms with Gasteiger partial charge in [-0.2, -0.15) is 0 Å². The fourth-order valence-corrected chi connectivity index (χ4v) is 17.3. The van der Waals surface area contributed by atoms with E-state index in [2.05, 4.69) is 149 Å². The van der Waals surface area contributed by atoms with Crippen LogP contribution in [0.15, 0.2) is 71.5 Å². The minimum atomic E-state index is -2.74. The summed E-state index contributed by atoms with van der Waals surface area (Å²) in [6.45, 7) is 38.6. The number of hydrogen-bond donors (Lipinski definition) is 1. The second kappa shape index (κ2) is 9.74. The van der Waals surface area contributed by atoms with Gasteiger partial charge in [0.25, 0.3) is 8.40 Å². The van der Waals surface area contributed by atoms with Crippen molar-refractivity contribution in [1.29, 1.82) is 0 Å². The third kappa shape index (κ3) is 3.38. The molecule has 0 radical (unpaired) electrons. The van der Waals surface area contributed by atoms with Gasteiger partial charge in [-0.05, 0) is 77.8 Å². The fourth-order valence-electron chi connectivity index (χ4n) is 9.71. The summed E-state index contributed by atoms with van der Waals surface area (Å²) in [4.78, 5) is 4.64. The van der Waals surface area contributed by atoms with Crippen molar-refractivity contribution in [2.45, 2.75) is 131 Å². The van der Waals surface area contributed by atoms with Gasteiger partial charge in [-0.3, -0.25) is 0 Å². The molecule has 3 heteroatoms. The lowest BCUT2D eigenvalue weighted by atomic mass is 9.63. The molecule has 2 aromatic carbocycles. The van der Waals surface area contributed by atoms with E-state index in [1.54, 1.807) is 0 Å². The lowest BCUT2D eigenvalue weighted by Gasteiger charge is -2.76. The quantitative estimate of drug-likeness (QED) is 0.328. The molecule has 2 nitrogen and oxygen atoms in total. The SMILES string of the molecule is C=C1C(C)=C(C)C2(C)C3(C)C=C(C)N(c4c(C(C)C)cccc4C(C)C)[Si]3(Nc3c(C(C)C)cccc3C(C)C)C12C. The van der Waals surface area contributed by atoms with Crippen LogP contribution in [0.4, 0.5) is 11.4 Å². The Bertz CT molecular complexity index is 1470. The Hall–Kier alpha value is -2.52. The van der Waals surface area contributed by atoms with Crippen LogP contribution in [0.1, 0.15) is 143 Å². The third-order valence-electron chi connectivity index (χ3n) is 12.3. The average Bonchev–Trinajstić information content (AvgIpc) is 3.21. The van der Waals surface area contributed by atoms with Crippen molar-refractivity contribution in [1.82, 2.24) is 0 Å². The molecule has 0 spiro atoms. The number of hydrogen-bond acceptors (Lipinski definition) is 2. The van der Waals surface area contributed by atoms with Crippen molar-refractivity contribution in [3.63, 3.8) is 0 Å². The van der Waals surface area contributed by atoms with Crippen molar-refractivity contribution >= 4 is 19.8 Å². The van der Waals surface area contributed by atoms with Crippen molar-refractivity contribution in [3.05, 3.63) is 93.7 Å². The van der Waals surface area contributed by atoms with Crippen LogP contribution in [0.5, 0.6) is 0 Å². The first-order chi connectivity index (χ1) is 19.5. The van der Waals surface area contributed by atoms with Crippen LogP contribution in [0, 0.1) is 5.41 Å². The van der Waals surface area contributed by atoms with Crippen LogP contribution in [0.2, 0.25) is 10.1 Å². The van der Waals surface area contributed by atoms with Gasteiger partial charge in [0.15, 0.2) is 0 Å². The van der Waals surface area contributed by atoms with E-state index in [0.717, 1.165) is 0 Å². The van der Waals surface area contributed by atoms with Gasteiger partial charge in [-0.25, -0.2) is 0 Å². The molecule has 4 atom stereocenters. The highest BCUT2D eigenvalue weighted by Gasteiger charge is 2.90. The Morgan fingerprint density at radius 3 is 1.57 bits per heavy atom. The lowest BCUT2D eigenvalue weighted by molar-refractivity contribution is 0.182. The number of nitrogens with one attached hydrogen (secondary N) is 1. The molecule has 3 aliphatic rings. The highest BCUT2D eigenvalue weighted by Crippen LogP contribution is 2.91. The lowest BCUT2D eigenvalue weighted by Crippen LogP contribution is -2.84. The molecule has 1 saturated heterocycles. The van der Waals surface area contributed by atoms with Crippen molar-refractivity contribution in [3.8, 4) is 0 Å². The molecule has 2 aliphatic heterocycles. The van der Waals surface area contributed by atoms with E-state index in [4.69, 9.17) is 6.58 Å². The predicted molar refractivity (Wildman–Crippen MR) is 187 cm³/mol. The first-order valence-electron chi connectivity index (χ1n) is 16.4. The van der Waals surface area contributed by atoms with Crippen LogP contribution < -0.4 is 9.55 Å². The summed E-state index contributed by atoms with van der Waals surface area (Å²) in [6, 6.07) is 14.0. The summed E-state index contributed by atoms with van der Waals surface area (Å²) < 4.78 is 2.90. The molecular weight excluding hydrogens is 525 g/mol. The Labute approximate surface area is 258 Å². The molecule has 2 heterocycles. The zero-order valence-electron chi connectivity index (χ0n) is 29.0. The topological polar surface area (TPSA) is 15.3 Å². The van der Waals surface area contributed by atoms with Crippen LogP contribution >= 0.6 is 0 Å². The molecule has 1 N–H and O–H groups in total. The Balaban J connectivity index is 1.94. The summed E-state index contributed by atoms with van der Waals surface area (Å²) in [5, 5.41) is -0.145. The minimum Gasteiger partial charge on any atom is -0.392 e. The highest BCUT2D eigenvalue weighted by atomic mass is 28.4. The second-order valence-corrected chi connectivity index (χ2v) is 19.5. The van der Waals surface area contributed by atoms with Gasteiger partial charge in [0.1, 0.15) is 0 Å². The summed E-state index contributed by atoms with van der Waals surface area (Å²) >= 11 is 0. The standard InChI is InChI=1S/C39H56N2Si/c1-23(2)31-18-16-19-32(24(3)4)35(31)40-42-37(13,38(14)29(11)28(10)30(12)39(38,42)15)22-27(9)41(42)36-33(25(5)6)20-17-21-34(36)26(7)8/h16-26,40H,12H2,1-11,13-15H3. The monoisotopic (exact) mass is 580 g/mol. The maximum Gasteiger partial charge on any atom is 0.288 e. The van der Waals surface area contributed by atoms with Gasteiger partial charge in [0.2, 0.25) is 0 Å². The van der Waals surface area contributed by atoms with Crippen LogP contribution in [-0.2, 0) is 0 Å². The minimum absolute atomic E-state index is 0.00800. The van der Waals surface area contributed by atoms with Crippen LogP contribution in [0.25, 0.3) is 0 Å². The molecule has 1 aliphatic carbocycles. The molecule has 42 heavy (non-hydrogen) atoms. The first kappa shape index (κ1) is 30.9. The molecule has 1 fully saturated rings. The smallest absolute Gasteiger partial charge is 0.288 e. The van der Waals surface area contributed by atoms with Gasteiger partial charge in [-0.15, -0.1) is 0 Å². The number of para-hydroxylation sites is 2. The van der Waals surface area contributed by atoms with Gasteiger partial charge in [0.05, 0.1) is 0 Å². The van der Waals surface area contributed by atoms with Crippen LogP contribution in [-0.4, -0.2) is 8.40 Å². The summed E-state index contributed by atoms with van der Waals surface area (Å²) in [5.41, 5.74) is 14.3. The number of fused-ring (bicyclic) bond motifs is 4. The molecule has 0 saturated carbocycles. The van der Waals surface area contributed by atoms with Gasteiger partial charge >= 0.3 is 0 Å². The summed E-state index contributed by atoms with van der Waals surface area (Å²) in [6.07, 6.45) is 2.68. The number of allylic oxidation sites excluding steroid dienone is 5. The maximum atomic E-state index is 4.93. The zero-order chi connectivity index (χ0) is 31.3. The van der Waals surface area contributed by atoms with E-state index in [-0.39, 0.29) is 15.5 Å². The molecule has 2 aromatic rings. The third-order valence-corrected chi connectivity index (χ3v) is 18.6. The second-order valence-electron chi connectivity index (χ2n) is 15.4. The van der Waals surface area contributed by atoms with Gasteiger partial charge in [0, 0.05) is 32.6 Å². The molecule has 0 aromatic heterocycles. The van der Waals surface area contributed by atoms with Crippen LogP contribution in [0.3, 0.4) is 0 Å². The molecule has 0 amide bonds. The van der Waals surface area contributed by atoms with Gasteiger partial charge < -0.3 is 9.55 Å². The number of benzene rings is 2. The molecule has 226 valence electrons. The molecule has 0 bridgehead atoms. The van der Waals surface area contributed by atoms with E-state index >= 15 is 0 Å². The number of nitrogens with zero attached hydrogens (tertiary/aromatic N) is 1. The normalized spacial score (nSPS) is 30.5. The number of anilines is 2. The van der Waals surface area contributed by atoms with E-state index in [1.807, 2.05) is 0 Å². The highest BCUT2D eigenvalue weighted by molar-refractivity contribution is 6.97. The van der Waals surface area contributed by atoms with E-state index in [1.165, 1.54) is 56.0 Å². The van der Waals surface area contributed by atoms with Crippen molar-refractivity contribution < 1.29 is 0 Å². The van der Waals surface area contributed by atoms with E-state index < -0.39 is 8.40 Å². The maximum absolute atomic E-state index is 4.93. The van der Waals surface area contributed by atoms with E-state index in [9.17, 15) is 0 Å². The zero-order valence-corrected chi connectivity index (χ0v) is 30.0. The fraction of sp³-hybridized carbons (Fsp3) is 0.538. The summed E-state index contributed by atoms with van der Waals surface area (Å²) in [5.74, 6) is 1.69. The van der Waals surface area contributed by atoms with Crippen molar-refractivity contribution in [2.75, 3.05) is 9.55 Å². The van der Waals surface area contributed by atoms with Crippen molar-refractivity contribution in [2.24, 2.45) is 5.41 Å². The predicted octanol–water partition coefficient (Wildman–Crippen LogP) is 11.9.